The molecule has 0 aromatic heterocycles. The van der Waals surface area contributed by atoms with Gasteiger partial charge in [0.15, 0.2) is 0 Å². The van der Waals surface area contributed by atoms with Crippen LogP contribution in [-0.2, 0) is 6.18 Å². The Labute approximate surface area is 169 Å². The highest BCUT2D eigenvalue weighted by atomic mass is 35.5. The summed E-state index contributed by atoms with van der Waals surface area (Å²) in [6, 6.07) is 6.92. The van der Waals surface area contributed by atoms with Crippen molar-refractivity contribution in [1.82, 2.24) is 9.80 Å². The van der Waals surface area contributed by atoms with Crippen LogP contribution in [0.2, 0.25) is 5.02 Å². The van der Waals surface area contributed by atoms with Crippen molar-refractivity contribution in [2.75, 3.05) is 26.2 Å². The second-order valence-electron chi connectivity index (χ2n) is 6.77. The second-order valence-corrected chi connectivity index (χ2v) is 7.21. The van der Waals surface area contributed by atoms with Crippen LogP contribution in [0.5, 0.6) is 0 Å². The summed E-state index contributed by atoms with van der Waals surface area (Å²) in [5.41, 5.74) is -0.525. The molecule has 9 heteroatoms. The molecule has 0 unspecified atom stereocenters. The zero-order valence-corrected chi connectivity index (χ0v) is 16.1. The Kier molecular flexibility index (Phi) is 5.84. The molecule has 4 nitrogen and oxygen atoms in total. The summed E-state index contributed by atoms with van der Waals surface area (Å²) in [5, 5.41) is -0.182. The molecular weight excluding hydrogens is 412 g/mol. The van der Waals surface area contributed by atoms with Crippen LogP contribution >= 0.6 is 11.6 Å². The molecule has 1 heterocycles. The molecule has 0 spiro atoms. The lowest BCUT2D eigenvalue weighted by molar-refractivity contribution is -0.137. The summed E-state index contributed by atoms with van der Waals surface area (Å²) in [6.07, 6.45) is -4.62. The SMILES string of the molecule is Cc1ccc(C(=O)N2CCN(C(=O)c3cc(Cl)cc(C(F)(F)F)c3)CC2)cc1F. The van der Waals surface area contributed by atoms with Crippen molar-refractivity contribution in [1.29, 1.82) is 0 Å². The Morgan fingerprint density at radius 2 is 1.45 bits per heavy atom. The summed E-state index contributed by atoms with van der Waals surface area (Å²) in [5.74, 6) is -1.43. The number of amides is 2. The number of alkyl halides is 3. The number of nitrogens with zero attached hydrogens (tertiary/aromatic N) is 2. The van der Waals surface area contributed by atoms with Gasteiger partial charge in [0.05, 0.1) is 5.56 Å². The van der Waals surface area contributed by atoms with Gasteiger partial charge in [-0.2, -0.15) is 13.2 Å². The molecule has 0 N–H and O–H groups in total. The molecule has 1 fully saturated rings. The lowest BCUT2D eigenvalue weighted by atomic mass is 10.1. The number of aryl methyl sites for hydroxylation is 1. The van der Waals surface area contributed by atoms with E-state index in [-0.39, 0.29) is 48.2 Å². The monoisotopic (exact) mass is 428 g/mol. The molecule has 1 aliphatic rings. The zero-order chi connectivity index (χ0) is 21.3. The van der Waals surface area contributed by atoms with E-state index in [1.54, 1.807) is 6.92 Å². The predicted octanol–water partition coefficient (Wildman–Crippen LogP) is 4.40. The molecule has 1 saturated heterocycles. The Bertz CT molecular complexity index is 954. The van der Waals surface area contributed by atoms with Gasteiger partial charge in [-0.1, -0.05) is 17.7 Å². The summed E-state index contributed by atoms with van der Waals surface area (Å²) in [4.78, 5) is 28.0. The van der Waals surface area contributed by atoms with Gasteiger partial charge in [-0.3, -0.25) is 9.59 Å². The first-order valence-corrected chi connectivity index (χ1v) is 9.16. The molecule has 29 heavy (non-hydrogen) atoms. The molecule has 2 aromatic rings. The van der Waals surface area contributed by atoms with Gasteiger partial charge in [0.2, 0.25) is 0 Å². The molecule has 1 aliphatic heterocycles. The molecule has 0 bridgehead atoms. The van der Waals surface area contributed by atoms with Crippen LogP contribution in [0.4, 0.5) is 17.6 Å². The fourth-order valence-electron chi connectivity index (χ4n) is 3.08. The van der Waals surface area contributed by atoms with Crippen molar-refractivity contribution in [3.05, 3.63) is 69.5 Å². The third kappa shape index (κ3) is 4.70. The maximum absolute atomic E-state index is 13.7. The minimum absolute atomic E-state index is 0.146. The molecule has 0 radical (unpaired) electrons. The van der Waals surface area contributed by atoms with Crippen molar-refractivity contribution in [2.24, 2.45) is 0 Å². The highest BCUT2D eigenvalue weighted by Crippen LogP contribution is 2.32. The number of carbonyl (C=O) groups is 2. The van der Waals surface area contributed by atoms with Crippen LogP contribution in [0.25, 0.3) is 0 Å². The standard InChI is InChI=1S/C20H17ClF4N2O2/c1-12-2-3-13(10-17(12)22)18(28)26-4-6-27(7-5-26)19(29)14-8-15(20(23,24)25)11-16(21)9-14/h2-3,8-11H,4-7H2,1H3. The van der Waals surface area contributed by atoms with Crippen molar-refractivity contribution >= 4 is 23.4 Å². The number of hydrogen-bond acceptors (Lipinski definition) is 2. The van der Waals surface area contributed by atoms with Gasteiger partial charge < -0.3 is 9.80 Å². The normalized spacial score (nSPS) is 14.8. The lowest BCUT2D eigenvalue weighted by Crippen LogP contribution is -2.50. The minimum Gasteiger partial charge on any atom is -0.335 e. The maximum Gasteiger partial charge on any atom is 0.416 e. The molecule has 3 rings (SSSR count). The van der Waals surface area contributed by atoms with Crippen molar-refractivity contribution in [2.45, 2.75) is 13.1 Å². The summed E-state index contributed by atoms with van der Waals surface area (Å²) >= 11 is 5.74. The van der Waals surface area contributed by atoms with E-state index in [1.165, 1.54) is 34.1 Å². The molecule has 2 amide bonds. The minimum atomic E-state index is -4.62. The number of carbonyl (C=O) groups excluding carboxylic acids is 2. The summed E-state index contributed by atoms with van der Waals surface area (Å²) in [6.45, 7) is 2.26. The van der Waals surface area contributed by atoms with Crippen LogP contribution < -0.4 is 0 Å². The van der Waals surface area contributed by atoms with E-state index < -0.39 is 23.5 Å². The number of piperazine rings is 1. The molecule has 2 aromatic carbocycles. The van der Waals surface area contributed by atoms with E-state index in [0.29, 0.717) is 5.56 Å². The van der Waals surface area contributed by atoms with E-state index in [9.17, 15) is 27.2 Å². The van der Waals surface area contributed by atoms with Crippen LogP contribution in [0.3, 0.4) is 0 Å². The molecular formula is C20H17ClF4N2O2. The molecule has 0 saturated carbocycles. The quantitative estimate of drug-likeness (QED) is 0.665. The van der Waals surface area contributed by atoms with Crippen molar-refractivity contribution in [3.63, 3.8) is 0 Å². The van der Waals surface area contributed by atoms with E-state index in [4.69, 9.17) is 11.6 Å². The van der Waals surface area contributed by atoms with E-state index in [0.717, 1.165) is 12.1 Å². The number of halogens is 5. The first kappa shape index (κ1) is 21.1. The maximum atomic E-state index is 13.7. The van der Waals surface area contributed by atoms with Gasteiger partial charge >= 0.3 is 6.18 Å². The van der Waals surface area contributed by atoms with Crippen molar-refractivity contribution in [3.8, 4) is 0 Å². The fourth-order valence-corrected chi connectivity index (χ4v) is 3.32. The van der Waals surface area contributed by atoms with Gasteiger partial charge in [0.1, 0.15) is 5.82 Å². The topological polar surface area (TPSA) is 40.6 Å². The van der Waals surface area contributed by atoms with E-state index in [2.05, 4.69) is 0 Å². The fraction of sp³-hybridized carbons (Fsp3) is 0.300. The largest absolute Gasteiger partial charge is 0.416 e. The Balaban J connectivity index is 1.69. The molecule has 0 atom stereocenters. The summed E-state index contributed by atoms with van der Waals surface area (Å²) in [7, 11) is 0. The third-order valence-electron chi connectivity index (χ3n) is 4.74. The Morgan fingerprint density at radius 3 is 1.97 bits per heavy atom. The van der Waals surface area contributed by atoms with Gasteiger partial charge in [-0.15, -0.1) is 0 Å². The smallest absolute Gasteiger partial charge is 0.335 e. The van der Waals surface area contributed by atoms with Gasteiger partial charge in [-0.05, 0) is 42.8 Å². The first-order valence-electron chi connectivity index (χ1n) is 8.79. The highest BCUT2D eigenvalue weighted by molar-refractivity contribution is 6.31. The first-order chi connectivity index (χ1) is 13.6. The van der Waals surface area contributed by atoms with Crippen molar-refractivity contribution < 1.29 is 27.2 Å². The van der Waals surface area contributed by atoms with Crippen LogP contribution in [0.1, 0.15) is 31.8 Å². The molecule has 0 aliphatic carbocycles. The highest BCUT2D eigenvalue weighted by Gasteiger charge is 2.33. The third-order valence-corrected chi connectivity index (χ3v) is 4.96. The van der Waals surface area contributed by atoms with Gasteiger partial charge in [-0.25, -0.2) is 4.39 Å². The lowest BCUT2D eigenvalue weighted by Gasteiger charge is -2.35. The summed E-state index contributed by atoms with van der Waals surface area (Å²) < 4.78 is 52.6. The Morgan fingerprint density at radius 1 is 0.897 bits per heavy atom. The zero-order valence-electron chi connectivity index (χ0n) is 15.4. The molecule has 154 valence electrons. The van der Waals surface area contributed by atoms with Crippen LogP contribution in [0.15, 0.2) is 36.4 Å². The number of rotatable bonds is 2. The van der Waals surface area contributed by atoms with E-state index >= 15 is 0 Å². The average molecular weight is 429 g/mol. The number of benzene rings is 2. The average Bonchev–Trinajstić information content (AvgIpc) is 2.68. The van der Waals surface area contributed by atoms with Crippen LogP contribution in [-0.4, -0.2) is 47.8 Å². The second kappa shape index (κ2) is 8.02. The van der Waals surface area contributed by atoms with E-state index in [1.807, 2.05) is 0 Å². The van der Waals surface area contributed by atoms with Gasteiger partial charge in [0.25, 0.3) is 11.8 Å². The van der Waals surface area contributed by atoms with Gasteiger partial charge in [0, 0.05) is 42.3 Å². The van der Waals surface area contributed by atoms with Crippen LogP contribution in [0, 0.1) is 12.7 Å². The number of hydrogen-bond donors (Lipinski definition) is 0. The predicted molar refractivity (Wildman–Crippen MR) is 99.4 cm³/mol. The Hall–Kier alpha value is -2.61.